The molecule has 5 nitrogen and oxygen atoms in total. The molecule has 2 amide bonds. The Morgan fingerprint density at radius 1 is 0.879 bits per heavy atom. The number of carbonyl (C=O) groups excluding carboxylic acids is 1. The van der Waals surface area contributed by atoms with Gasteiger partial charge in [-0.25, -0.2) is 4.79 Å². The van der Waals surface area contributed by atoms with E-state index in [-0.39, 0.29) is 12.1 Å². The molecule has 0 spiro atoms. The fourth-order valence-electron chi connectivity index (χ4n) is 5.73. The van der Waals surface area contributed by atoms with Crippen LogP contribution in [0, 0.1) is 11.8 Å². The summed E-state index contributed by atoms with van der Waals surface area (Å²) in [6.45, 7) is 0.615. The number of hydrogen-bond acceptors (Lipinski definition) is 3. The number of urea groups is 1. The van der Waals surface area contributed by atoms with Gasteiger partial charge in [0.2, 0.25) is 0 Å². The van der Waals surface area contributed by atoms with Crippen LogP contribution in [0.25, 0.3) is 0 Å². The van der Waals surface area contributed by atoms with Gasteiger partial charge in [0.05, 0.1) is 19.9 Å². The Labute approximate surface area is 198 Å². The van der Waals surface area contributed by atoms with Gasteiger partial charge >= 0.3 is 6.03 Å². The molecule has 0 atom stereocenters. The summed E-state index contributed by atoms with van der Waals surface area (Å²) in [6, 6.07) is 16.0. The SMILES string of the molecule is COc1ccc(NC(=O)N(Cc2ccccc2)C2CCC(C3CCCCC3)CC2)c(OC)c1. The molecule has 0 saturated heterocycles. The average Bonchev–Trinajstić information content (AvgIpc) is 2.88. The summed E-state index contributed by atoms with van der Waals surface area (Å²) in [5, 5.41) is 3.11. The summed E-state index contributed by atoms with van der Waals surface area (Å²) in [4.78, 5) is 15.6. The Kier molecular flexibility index (Phi) is 8.14. The smallest absolute Gasteiger partial charge is 0.322 e. The highest BCUT2D eigenvalue weighted by molar-refractivity contribution is 5.91. The van der Waals surface area contributed by atoms with E-state index in [0.29, 0.717) is 23.7 Å². The minimum Gasteiger partial charge on any atom is -0.497 e. The molecule has 0 aliphatic heterocycles. The lowest BCUT2D eigenvalue weighted by Gasteiger charge is -2.40. The van der Waals surface area contributed by atoms with Crippen LogP contribution < -0.4 is 14.8 Å². The molecule has 2 aromatic carbocycles. The van der Waals surface area contributed by atoms with Crippen LogP contribution in [0.1, 0.15) is 63.4 Å². The van der Waals surface area contributed by atoms with E-state index in [1.165, 1.54) is 44.9 Å². The third-order valence-corrected chi connectivity index (χ3v) is 7.61. The van der Waals surface area contributed by atoms with E-state index in [0.717, 1.165) is 30.2 Å². The molecule has 4 rings (SSSR count). The molecule has 2 aliphatic carbocycles. The van der Waals surface area contributed by atoms with Gasteiger partial charge in [0.25, 0.3) is 0 Å². The van der Waals surface area contributed by atoms with Crippen molar-refractivity contribution in [2.75, 3.05) is 19.5 Å². The van der Waals surface area contributed by atoms with Crippen LogP contribution in [-0.4, -0.2) is 31.2 Å². The van der Waals surface area contributed by atoms with Crippen molar-refractivity contribution in [3.63, 3.8) is 0 Å². The van der Waals surface area contributed by atoms with E-state index in [9.17, 15) is 4.79 Å². The molecule has 0 bridgehead atoms. The third-order valence-electron chi connectivity index (χ3n) is 7.61. The maximum absolute atomic E-state index is 13.6. The molecule has 1 N–H and O–H groups in total. The van der Waals surface area contributed by atoms with Crippen LogP contribution in [0.5, 0.6) is 11.5 Å². The number of nitrogens with zero attached hydrogens (tertiary/aromatic N) is 1. The molecule has 2 aliphatic rings. The highest BCUT2D eigenvalue weighted by Gasteiger charge is 2.33. The van der Waals surface area contributed by atoms with E-state index >= 15 is 0 Å². The van der Waals surface area contributed by atoms with Gasteiger partial charge in [-0.3, -0.25) is 0 Å². The molecule has 0 heterocycles. The Morgan fingerprint density at radius 3 is 2.24 bits per heavy atom. The molecule has 33 heavy (non-hydrogen) atoms. The number of rotatable bonds is 7. The van der Waals surface area contributed by atoms with E-state index < -0.39 is 0 Å². The van der Waals surface area contributed by atoms with Gasteiger partial charge in [-0.15, -0.1) is 0 Å². The average molecular weight is 451 g/mol. The Balaban J connectivity index is 1.47. The van der Waals surface area contributed by atoms with Crippen LogP contribution in [-0.2, 0) is 6.54 Å². The molecule has 5 heteroatoms. The van der Waals surface area contributed by atoms with Crippen molar-refractivity contribution < 1.29 is 14.3 Å². The predicted molar refractivity (Wildman–Crippen MR) is 133 cm³/mol. The summed E-state index contributed by atoms with van der Waals surface area (Å²) < 4.78 is 10.8. The van der Waals surface area contributed by atoms with E-state index in [1.54, 1.807) is 20.3 Å². The Hall–Kier alpha value is -2.69. The van der Waals surface area contributed by atoms with Crippen LogP contribution in [0.15, 0.2) is 48.5 Å². The second-order valence-electron chi connectivity index (χ2n) is 9.58. The van der Waals surface area contributed by atoms with Crippen LogP contribution in [0.3, 0.4) is 0 Å². The zero-order valence-corrected chi connectivity index (χ0v) is 20.1. The second kappa shape index (κ2) is 11.4. The van der Waals surface area contributed by atoms with Crippen molar-refractivity contribution in [2.24, 2.45) is 11.8 Å². The molecule has 0 aromatic heterocycles. The van der Waals surface area contributed by atoms with Crippen LogP contribution in [0.2, 0.25) is 0 Å². The first-order valence-electron chi connectivity index (χ1n) is 12.5. The van der Waals surface area contributed by atoms with Gasteiger partial charge < -0.3 is 19.7 Å². The molecular weight excluding hydrogens is 412 g/mol. The monoisotopic (exact) mass is 450 g/mol. The van der Waals surface area contributed by atoms with E-state index in [4.69, 9.17) is 9.47 Å². The van der Waals surface area contributed by atoms with Crippen LogP contribution in [0.4, 0.5) is 10.5 Å². The minimum atomic E-state index is -0.0663. The number of benzene rings is 2. The standard InChI is InChI=1S/C28H38N2O3/c1-32-25-17-18-26(27(19-25)33-2)29-28(31)30(20-21-9-5-3-6-10-21)24-15-13-23(14-16-24)22-11-7-4-8-12-22/h3,5-6,9-10,17-19,22-24H,4,7-8,11-16,20H2,1-2H3,(H,29,31). The minimum absolute atomic E-state index is 0.0663. The summed E-state index contributed by atoms with van der Waals surface area (Å²) in [5.41, 5.74) is 1.82. The lowest BCUT2D eigenvalue weighted by Crippen LogP contribution is -2.44. The zero-order valence-electron chi connectivity index (χ0n) is 20.1. The third kappa shape index (κ3) is 6.01. The van der Waals surface area contributed by atoms with Gasteiger partial charge in [0.15, 0.2) is 0 Å². The first-order valence-corrected chi connectivity index (χ1v) is 12.5. The molecular formula is C28H38N2O3. The number of hydrogen-bond donors (Lipinski definition) is 1. The fraction of sp³-hybridized carbons (Fsp3) is 0.536. The molecule has 0 unspecified atom stereocenters. The van der Waals surface area contributed by atoms with E-state index in [1.807, 2.05) is 35.2 Å². The first-order chi connectivity index (χ1) is 16.2. The van der Waals surface area contributed by atoms with E-state index in [2.05, 4.69) is 17.4 Å². The predicted octanol–water partition coefficient (Wildman–Crippen LogP) is 6.88. The van der Waals surface area contributed by atoms with Crippen molar-refractivity contribution in [3.05, 3.63) is 54.1 Å². The highest BCUT2D eigenvalue weighted by Crippen LogP contribution is 2.40. The number of anilines is 1. The quantitative estimate of drug-likeness (QED) is 0.500. The summed E-state index contributed by atoms with van der Waals surface area (Å²) in [6.07, 6.45) is 11.7. The topological polar surface area (TPSA) is 50.8 Å². The zero-order chi connectivity index (χ0) is 23.0. The van der Waals surface area contributed by atoms with Gasteiger partial charge in [0, 0.05) is 18.7 Å². The first kappa shape index (κ1) is 23.5. The molecule has 0 radical (unpaired) electrons. The summed E-state index contributed by atoms with van der Waals surface area (Å²) >= 11 is 0. The highest BCUT2D eigenvalue weighted by atomic mass is 16.5. The summed E-state index contributed by atoms with van der Waals surface area (Å²) in [7, 11) is 3.23. The van der Waals surface area contributed by atoms with Gasteiger partial charge in [-0.1, -0.05) is 62.4 Å². The fourth-order valence-corrected chi connectivity index (χ4v) is 5.73. The second-order valence-corrected chi connectivity index (χ2v) is 9.58. The van der Waals surface area contributed by atoms with Crippen molar-refractivity contribution in [2.45, 2.75) is 70.4 Å². The lowest BCUT2D eigenvalue weighted by atomic mass is 9.72. The normalized spacial score (nSPS) is 21.3. The number of carbonyl (C=O) groups is 1. The maximum Gasteiger partial charge on any atom is 0.322 e. The summed E-state index contributed by atoms with van der Waals surface area (Å²) in [5.74, 6) is 3.04. The van der Waals surface area contributed by atoms with Crippen molar-refractivity contribution >= 4 is 11.7 Å². The Morgan fingerprint density at radius 2 is 1.58 bits per heavy atom. The molecule has 2 aromatic rings. The number of ether oxygens (including phenoxy) is 2. The lowest BCUT2D eigenvalue weighted by molar-refractivity contribution is 0.120. The van der Waals surface area contributed by atoms with Gasteiger partial charge in [-0.05, 0) is 55.2 Å². The molecule has 2 fully saturated rings. The van der Waals surface area contributed by atoms with Crippen LogP contribution >= 0.6 is 0 Å². The van der Waals surface area contributed by atoms with Gasteiger partial charge in [0.1, 0.15) is 11.5 Å². The number of methoxy groups -OCH3 is 2. The molecule has 2 saturated carbocycles. The van der Waals surface area contributed by atoms with Crippen molar-refractivity contribution in [1.29, 1.82) is 0 Å². The largest absolute Gasteiger partial charge is 0.497 e. The van der Waals surface area contributed by atoms with Crippen molar-refractivity contribution in [3.8, 4) is 11.5 Å². The van der Waals surface area contributed by atoms with Crippen molar-refractivity contribution in [1.82, 2.24) is 4.90 Å². The number of nitrogens with one attached hydrogen (secondary N) is 1. The Bertz CT molecular complexity index is 887. The number of amides is 2. The van der Waals surface area contributed by atoms with Gasteiger partial charge in [-0.2, -0.15) is 0 Å². The molecule has 178 valence electrons. The maximum atomic E-state index is 13.6.